The van der Waals surface area contributed by atoms with E-state index >= 15 is 0 Å². The van der Waals surface area contributed by atoms with Crippen molar-refractivity contribution in [1.29, 1.82) is 0 Å². The molecular weight excluding hydrogens is 212 g/mol. The summed E-state index contributed by atoms with van der Waals surface area (Å²) in [5.74, 6) is -0.185. The molecule has 0 aromatic heterocycles. The maximum absolute atomic E-state index is 11.4. The van der Waals surface area contributed by atoms with Crippen LogP contribution in [-0.4, -0.2) is 11.6 Å². The number of hydrogen-bond acceptors (Lipinski definition) is 2. The summed E-state index contributed by atoms with van der Waals surface area (Å²) in [5.41, 5.74) is 1.82. The molecule has 2 nitrogen and oxygen atoms in total. The highest BCUT2D eigenvalue weighted by molar-refractivity contribution is 6.07. The summed E-state index contributed by atoms with van der Waals surface area (Å²) in [5, 5.41) is 0. The molecule has 0 aliphatic rings. The van der Waals surface area contributed by atoms with Crippen LogP contribution in [0.5, 0.6) is 0 Å². The van der Waals surface area contributed by atoms with Gasteiger partial charge in [0.2, 0.25) is 0 Å². The van der Waals surface area contributed by atoms with Crippen LogP contribution in [0.1, 0.15) is 56.5 Å². The molecule has 0 atom stereocenters. The molecule has 0 bridgehead atoms. The van der Waals surface area contributed by atoms with E-state index in [4.69, 9.17) is 0 Å². The van der Waals surface area contributed by atoms with Gasteiger partial charge in [-0.15, -0.1) is 0 Å². The van der Waals surface area contributed by atoms with Gasteiger partial charge in [-0.2, -0.15) is 0 Å². The van der Waals surface area contributed by atoms with Crippen molar-refractivity contribution in [2.24, 2.45) is 0 Å². The number of Topliss-reactive ketones (excluding diaryl/α,β-unsaturated/α-hetero) is 2. The minimum atomic E-state index is -0.0971. The third kappa shape index (κ3) is 6.67. The Morgan fingerprint density at radius 3 is 1.82 bits per heavy atom. The number of aryl methyl sites for hydroxylation is 1. The Kier molecular flexibility index (Phi) is 7.95. The standard InChI is InChI=1S/C12H14O2.C3H8/c1-3-10-4-6-11(7-5-10)12(14)8-9(2)13;1-3-2/h4-7H,3,8H2,1-2H3;3H2,1-2H3. The number of carbonyl (C=O) groups is 2. The smallest absolute Gasteiger partial charge is 0.170 e. The molecule has 1 aromatic rings. The second-order valence-electron chi connectivity index (χ2n) is 4.06. The fourth-order valence-electron chi connectivity index (χ4n) is 1.25. The van der Waals surface area contributed by atoms with Crippen molar-refractivity contribution in [3.05, 3.63) is 35.4 Å². The summed E-state index contributed by atoms with van der Waals surface area (Å²) in [6.45, 7) is 7.74. The van der Waals surface area contributed by atoms with Crippen molar-refractivity contribution in [2.45, 2.75) is 47.0 Å². The molecule has 0 aliphatic heterocycles. The number of carbonyl (C=O) groups excluding carboxylic acids is 2. The highest BCUT2D eigenvalue weighted by Gasteiger charge is 2.07. The normalized spacial score (nSPS) is 9.18. The van der Waals surface area contributed by atoms with E-state index < -0.39 is 0 Å². The van der Waals surface area contributed by atoms with Crippen LogP contribution in [0.15, 0.2) is 24.3 Å². The third-order valence-electron chi connectivity index (χ3n) is 2.09. The Labute approximate surface area is 104 Å². The van der Waals surface area contributed by atoms with Crippen LogP contribution in [0.25, 0.3) is 0 Å². The van der Waals surface area contributed by atoms with E-state index in [1.54, 1.807) is 12.1 Å². The van der Waals surface area contributed by atoms with Gasteiger partial charge in [-0.05, 0) is 18.9 Å². The zero-order valence-corrected chi connectivity index (χ0v) is 11.2. The molecule has 0 N–H and O–H groups in total. The van der Waals surface area contributed by atoms with Crippen LogP contribution in [0.2, 0.25) is 0 Å². The first kappa shape index (κ1) is 15.6. The van der Waals surface area contributed by atoms with Gasteiger partial charge in [-0.25, -0.2) is 0 Å². The van der Waals surface area contributed by atoms with Gasteiger partial charge in [0.1, 0.15) is 5.78 Å². The summed E-state index contributed by atoms with van der Waals surface area (Å²) >= 11 is 0. The largest absolute Gasteiger partial charge is 0.300 e. The molecule has 0 unspecified atom stereocenters. The molecule has 0 saturated carbocycles. The van der Waals surface area contributed by atoms with Crippen molar-refractivity contribution < 1.29 is 9.59 Å². The lowest BCUT2D eigenvalue weighted by molar-refractivity contribution is -0.116. The summed E-state index contributed by atoms with van der Waals surface area (Å²) < 4.78 is 0. The summed E-state index contributed by atoms with van der Waals surface area (Å²) in [7, 11) is 0. The van der Waals surface area contributed by atoms with Crippen molar-refractivity contribution in [3.8, 4) is 0 Å². The quantitative estimate of drug-likeness (QED) is 0.586. The van der Waals surface area contributed by atoms with Crippen LogP contribution < -0.4 is 0 Å². The number of benzene rings is 1. The molecule has 0 heterocycles. The molecular formula is C15H22O2. The van der Waals surface area contributed by atoms with Gasteiger partial charge in [-0.1, -0.05) is 51.5 Å². The molecule has 0 fully saturated rings. The second kappa shape index (κ2) is 8.68. The van der Waals surface area contributed by atoms with Crippen molar-refractivity contribution in [1.82, 2.24) is 0 Å². The second-order valence-corrected chi connectivity index (χ2v) is 4.06. The van der Waals surface area contributed by atoms with Gasteiger partial charge in [0.15, 0.2) is 5.78 Å². The lowest BCUT2D eigenvalue weighted by atomic mass is 10.0. The predicted molar refractivity (Wildman–Crippen MR) is 71.4 cm³/mol. The Morgan fingerprint density at radius 1 is 1.00 bits per heavy atom. The van der Waals surface area contributed by atoms with Gasteiger partial charge in [0, 0.05) is 5.56 Å². The molecule has 1 aromatic carbocycles. The van der Waals surface area contributed by atoms with Crippen LogP contribution in [0, 0.1) is 0 Å². The summed E-state index contributed by atoms with van der Waals surface area (Å²) in [6.07, 6.45) is 2.21. The first-order valence-corrected chi connectivity index (χ1v) is 6.16. The zero-order valence-electron chi connectivity index (χ0n) is 11.2. The fraction of sp³-hybridized carbons (Fsp3) is 0.467. The highest BCUT2D eigenvalue weighted by atomic mass is 16.1. The van der Waals surface area contributed by atoms with E-state index in [0.717, 1.165) is 6.42 Å². The topological polar surface area (TPSA) is 34.1 Å². The molecule has 0 radical (unpaired) electrons. The van der Waals surface area contributed by atoms with Crippen LogP contribution in [0.4, 0.5) is 0 Å². The SMILES string of the molecule is CCC.CCc1ccc(C(=O)CC(C)=O)cc1. The monoisotopic (exact) mass is 234 g/mol. The number of hydrogen-bond donors (Lipinski definition) is 0. The van der Waals surface area contributed by atoms with E-state index in [9.17, 15) is 9.59 Å². The first-order valence-electron chi connectivity index (χ1n) is 6.16. The number of ketones is 2. The molecule has 94 valence electrons. The third-order valence-corrected chi connectivity index (χ3v) is 2.09. The zero-order chi connectivity index (χ0) is 13.3. The molecule has 0 amide bonds. The number of rotatable bonds is 4. The highest BCUT2D eigenvalue weighted by Crippen LogP contribution is 2.07. The van der Waals surface area contributed by atoms with Gasteiger partial charge in [0.05, 0.1) is 6.42 Å². The summed E-state index contributed by atoms with van der Waals surface area (Å²) in [6, 6.07) is 7.41. The first-order chi connectivity index (χ1) is 8.04. The van der Waals surface area contributed by atoms with E-state index in [0.29, 0.717) is 5.56 Å². The molecule has 0 saturated heterocycles. The van der Waals surface area contributed by atoms with E-state index in [-0.39, 0.29) is 18.0 Å². The molecule has 0 aliphatic carbocycles. The Balaban J connectivity index is 0.000000770. The Hall–Kier alpha value is -1.44. The van der Waals surface area contributed by atoms with Gasteiger partial charge in [0.25, 0.3) is 0 Å². The van der Waals surface area contributed by atoms with Crippen LogP contribution in [-0.2, 0) is 11.2 Å². The fourth-order valence-corrected chi connectivity index (χ4v) is 1.25. The molecule has 2 heteroatoms. The van der Waals surface area contributed by atoms with E-state index in [1.807, 2.05) is 12.1 Å². The maximum atomic E-state index is 11.4. The Morgan fingerprint density at radius 2 is 1.47 bits per heavy atom. The average Bonchev–Trinajstić information content (AvgIpc) is 2.29. The molecule has 17 heavy (non-hydrogen) atoms. The molecule has 1 rings (SSSR count). The lowest BCUT2D eigenvalue weighted by Gasteiger charge is -2.00. The van der Waals surface area contributed by atoms with Crippen molar-refractivity contribution >= 4 is 11.6 Å². The van der Waals surface area contributed by atoms with E-state index in [1.165, 1.54) is 18.9 Å². The maximum Gasteiger partial charge on any atom is 0.170 e. The van der Waals surface area contributed by atoms with Gasteiger partial charge < -0.3 is 0 Å². The van der Waals surface area contributed by atoms with Crippen molar-refractivity contribution in [3.63, 3.8) is 0 Å². The predicted octanol–water partition coefficient (Wildman–Crippen LogP) is 3.83. The van der Waals surface area contributed by atoms with E-state index in [2.05, 4.69) is 20.8 Å². The van der Waals surface area contributed by atoms with Crippen LogP contribution in [0.3, 0.4) is 0 Å². The van der Waals surface area contributed by atoms with Crippen LogP contribution >= 0.6 is 0 Å². The lowest BCUT2D eigenvalue weighted by Crippen LogP contribution is -2.04. The minimum absolute atomic E-state index is 0.00543. The van der Waals surface area contributed by atoms with Crippen molar-refractivity contribution in [2.75, 3.05) is 0 Å². The minimum Gasteiger partial charge on any atom is -0.300 e. The summed E-state index contributed by atoms with van der Waals surface area (Å²) in [4.78, 5) is 22.2. The van der Waals surface area contributed by atoms with Gasteiger partial charge in [-0.3, -0.25) is 9.59 Å². The Bertz CT molecular complexity index is 350. The molecule has 0 spiro atoms. The van der Waals surface area contributed by atoms with Gasteiger partial charge >= 0.3 is 0 Å². The average molecular weight is 234 g/mol.